The van der Waals surface area contributed by atoms with Crippen molar-refractivity contribution < 1.29 is 18.3 Å². The quantitative estimate of drug-likeness (QED) is 0.177. The van der Waals surface area contributed by atoms with E-state index in [1.165, 1.54) is 17.7 Å². The van der Waals surface area contributed by atoms with Crippen LogP contribution in [0.25, 0.3) is 11.0 Å². The summed E-state index contributed by atoms with van der Waals surface area (Å²) in [6, 6.07) is 20.6. The molecule has 0 unspecified atom stereocenters. The van der Waals surface area contributed by atoms with Crippen molar-refractivity contribution in [1.29, 1.82) is 0 Å². The van der Waals surface area contributed by atoms with Gasteiger partial charge in [-0.3, -0.25) is 0 Å². The van der Waals surface area contributed by atoms with Gasteiger partial charge in [0.1, 0.15) is 11.4 Å². The lowest BCUT2D eigenvalue weighted by molar-refractivity contribution is 0.0491. The van der Waals surface area contributed by atoms with Gasteiger partial charge in [-0.05, 0) is 73.7 Å². The zero-order valence-corrected chi connectivity index (χ0v) is 20.6. The number of carbonyl (C=O) groups excluding carboxylic acids is 1. The molecule has 4 nitrogen and oxygen atoms in total. The average Bonchev–Trinajstić information content (AvgIpc) is 3.16. The molecule has 0 fully saturated rings. The summed E-state index contributed by atoms with van der Waals surface area (Å²) in [5.41, 5.74) is 3.49. The summed E-state index contributed by atoms with van der Waals surface area (Å²) in [7, 11) is 0. The third-order valence-electron chi connectivity index (χ3n) is 5.46. The van der Waals surface area contributed by atoms with E-state index in [-0.39, 0.29) is 11.6 Å². The second-order valence-corrected chi connectivity index (χ2v) is 9.44. The van der Waals surface area contributed by atoms with E-state index < -0.39 is 5.97 Å². The van der Waals surface area contributed by atoms with E-state index in [4.69, 9.17) is 20.8 Å². The number of aryl methyl sites for hydroxylation is 1. The van der Waals surface area contributed by atoms with Crippen molar-refractivity contribution in [3.05, 3.63) is 100 Å². The SMILES string of the molecule is CCOC(=O)c1oc2ccc(SN(CCc3ccccc3)Cc3ccc(F)cc3Cl)cc2c1C. The van der Waals surface area contributed by atoms with Crippen molar-refractivity contribution in [3.8, 4) is 0 Å². The summed E-state index contributed by atoms with van der Waals surface area (Å²) in [4.78, 5) is 13.2. The van der Waals surface area contributed by atoms with Crippen LogP contribution in [0, 0.1) is 12.7 Å². The highest BCUT2D eigenvalue weighted by atomic mass is 35.5. The first kappa shape index (κ1) is 24.3. The normalized spacial score (nSPS) is 11.3. The Morgan fingerprint density at radius 2 is 1.91 bits per heavy atom. The molecule has 3 aromatic carbocycles. The Labute approximate surface area is 207 Å². The predicted octanol–water partition coefficient (Wildman–Crippen LogP) is 7.46. The number of hydrogen-bond acceptors (Lipinski definition) is 5. The first-order valence-corrected chi connectivity index (χ1v) is 12.2. The third-order valence-corrected chi connectivity index (χ3v) is 6.84. The highest BCUT2D eigenvalue weighted by molar-refractivity contribution is 7.97. The molecule has 1 heterocycles. The summed E-state index contributed by atoms with van der Waals surface area (Å²) >= 11 is 7.91. The summed E-state index contributed by atoms with van der Waals surface area (Å²) in [5.74, 6) is -0.575. The molecule has 4 rings (SSSR count). The van der Waals surface area contributed by atoms with Crippen molar-refractivity contribution in [2.45, 2.75) is 31.7 Å². The molecule has 0 aliphatic carbocycles. The van der Waals surface area contributed by atoms with E-state index in [0.717, 1.165) is 34.4 Å². The topological polar surface area (TPSA) is 42.7 Å². The molecule has 0 bridgehead atoms. The molecule has 34 heavy (non-hydrogen) atoms. The molecule has 0 aliphatic heterocycles. The van der Waals surface area contributed by atoms with E-state index in [9.17, 15) is 9.18 Å². The lowest BCUT2D eigenvalue weighted by atomic mass is 10.1. The van der Waals surface area contributed by atoms with Crippen LogP contribution < -0.4 is 0 Å². The Kier molecular flexibility index (Phi) is 7.93. The van der Waals surface area contributed by atoms with Crippen LogP contribution in [0.4, 0.5) is 4.39 Å². The molecule has 1 aromatic heterocycles. The Morgan fingerprint density at radius 3 is 2.65 bits per heavy atom. The summed E-state index contributed by atoms with van der Waals surface area (Å²) in [6.45, 7) is 5.23. The average molecular weight is 498 g/mol. The molecule has 0 saturated heterocycles. The monoisotopic (exact) mass is 497 g/mol. The molecule has 0 aliphatic rings. The van der Waals surface area contributed by atoms with Crippen LogP contribution in [-0.2, 0) is 17.7 Å². The minimum absolute atomic E-state index is 0.234. The Bertz CT molecular complexity index is 1290. The number of benzene rings is 3. The number of nitrogens with zero attached hydrogens (tertiary/aromatic N) is 1. The van der Waals surface area contributed by atoms with Gasteiger partial charge in [0, 0.05) is 34.0 Å². The van der Waals surface area contributed by atoms with Gasteiger partial charge < -0.3 is 9.15 Å². The fraction of sp³-hybridized carbons (Fsp3) is 0.222. The van der Waals surface area contributed by atoms with Gasteiger partial charge in [0.15, 0.2) is 0 Å². The molecule has 0 N–H and O–H groups in total. The van der Waals surface area contributed by atoms with Gasteiger partial charge in [-0.1, -0.05) is 48.0 Å². The first-order chi connectivity index (χ1) is 16.4. The maximum absolute atomic E-state index is 13.5. The van der Waals surface area contributed by atoms with Gasteiger partial charge in [0.05, 0.1) is 6.61 Å². The number of fused-ring (bicyclic) bond motifs is 1. The number of hydrogen-bond donors (Lipinski definition) is 0. The zero-order valence-electron chi connectivity index (χ0n) is 19.0. The predicted molar refractivity (Wildman–Crippen MR) is 135 cm³/mol. The van der Waals surface area contributed by atoms with E-state index in [2.05, 4.69) is 16.4 Å². The van der Waals surface area contributed by atoms with Crippen LogP contribution in [0.2, 0.25) is 5.02 Å². The molecule has 176 valence electrons. The minimum atomic E-state index is -0.458. The van der Waals surface area contributed by atoms with Crippen molar-refractivity contribution in [2.24, 2.45) is 0 Å². The van der Waals surface area contributed by atoms with Crippen LogP contribution in [0.5, 0.6) is 0 Å². The molecule has 0 amide bonds. The van der Waals surface area contributed by atoms with E-state index in [0.29, 0.717) is 23.8 Å². The van der Waals surface area contributed by atoms with Gasteiger partial charge >= 0.3 is 5.97 Å². The molecular weight excluding hydrogens is 473 g/mol. The van der Waals surface area contributed by atoms with Crippen molar-refractivity contribution in [3.63, 3.8) is 0 Å². The molecular formula is C27H25ClFNO3S. The number of esters is 1. The van der Waals surface area contributed by atoms with Gasteiger partial charge in [-0.15, -0.1) is 0 Å². The van der Waals surface area contributed by atoms with Crippen molar-refractivity contribution in [2.75, 3.05) is 13.2 Å². The van der Waals surface area contributed by atoms with Crippen LogP contribution in [0.1, 0.15) is 34.2 Å². The Hall–Kier alpha value is -2.80. The van der Waals surface area contributed by atoms with Crippen LogP contribution in [-0.4, -0.2) is 23.4 Å². The highest BCUT2D eigenvalue weighted by Crippen LogP contribution is 2.33. The summed E-state index contributed by atoms with van der Waals surface area (Å²) in [6.07, 6.45) is 0.854. The van der Waals surface area contributed by atoms with Gasteiger partial charge in [-0.2, -0.15) is 0 Å². The lowest BCUT2D eigenvalue weighted by Gasteiger charge is -2.22. The second-order valence-electron chi connectivity index (χ2n) is 7.86. The zero-order chi connectivity index (χ0) is 24.1. The van der Waals surface area contributed by atoms with Gasteiger partial charge in [0.2, 0.25) is 5.76 Å². The smallest absolute Gasteiger partial charge is 0.374 e. The Morgan fingerprint density at radius 1 is 1.12 bits per heavy atom. The lowest BCUT2D eigenvalue weighted by Crippen LogP contribution is -2.18. The first-order valence-electron chi connectivity index (χ1n) is 11.1. The van der Waals surface area contributed by atoms with Crippen LogP contribution in [0.15, 0.2) is 76.0 Å². The summed E-state index contributed by atoms with van der Waals surface area (Å²) in [5, 5.41) is 1.28. The van der Waals surface area contributed by atoms with Gasteiger partial charge in [0.25, 0.3) is 0 Å². The van der Waals surface area contributed by atoms with Crippen molar-refractivity contribution in [1.82, 2.24) is 4.31 Å². The van der Waals surface area contributed by atoms with E-state index >= 15 is 0 Å². The number of rotatable bonds is 9. The third kappa shape index (κ3) is 5.81. The largest absolute Gasteiger partial charge is 0.460 e. The number of ether oxygens (including phenoxy) is 1. The van der Waals surface area contributed by atoms with E-state index in [1.54, 1.807) is 24.9 Å². The summed E-state index contributed by atoms with van der Waals surface area (Å²) < 4.78 is 26.6. The molecule has 0 atom stereocenters. The number of carbonyl (C=O) groups is 1. The van der Waals surface area contributed by atoms with Crippen molar-refractivity contribution >= 4 is 40.5 Å². The standard InChI is InChI=1S/C27H25ClFNO3S/c1-3-32-27(31)26-18(2)23-16-22(11-12-25(23)33-26)34-30(14-13-19-7-5-4-6-8-19)17-20-9-10-21(29)15-24(20)28/h4-12,15-16H,3,13-14,17H2,1-2H3. The molecule has 7 heteroatoms. The fourth-order valence-corrected chi connectivity index (χ4v) is 4.90. The molecule has 4 aromatic rings. The van der Waals surface area contributed by atoms with E-state index in [1.807, 2.05) is 43.3 Å². The second kappa shape index (κ2) is 11.1. The maximum atomic E-state index is 13.5. The number of furan rings is 1. The molecule has 0 spiro atoms. The van der Waals surface area contributed by atoms with Gasteiger partial charge in [-0.25, -0.2) is 13.5 Å². The molecule has 0 saturated carbocycles. The highest BCUT2D eigenvalue weighted by Gasteiger charge is 2.20. The van der Waals surface area contributed by atoms with Crippen LogP contribution >= 0.6 is 23.5 Å². The minimum Gasteiger partial charge on any atom is -0.460 e. The fourth-order valence-electron chi connectivity index (χ4n) is 3.69. The molecule has 0 radical (unpaired) electrons. The Balaban J connectivity index is 1.58. The van der Waals surface area contributed by atoms with Crippen LogP contribution in [0.3, 0.4) is 0 Å². The maximum Gasteiger partial charge on any atom is 0.374 e. The number of halogens is 2.